The monoisotopic (exact) mass is 402 g/mol. The predicted molar refractivity (Wildman–Crippen MR) is 115 cm³/mol. The van der Waals surface area contributed by atoms with Crippen molar-refractivity contribution in [2.75, 3.05) is 25.5 Å². The maximum Gasteiger partial charge on any atom is 0.221 e. The lowest BCUT2D eigenvalue weighted by Gasteiger charge is -2.13. The summed E-state index contributed by atoms with van der Waals surface area (Å²) in [6.45, 7) is 5.48. The second-order valence-corrected chi connectivity index (χ2v) is 6.65. The fraction of sp³-hybridized carbons (Fsp3) is 0.333. The number of nitrogens with one attached hydrogen (secondary N) is 3. The van der Waals surface area contributed by atoms with Gasteiger partial charge in [-0.25, -0.2) is 4.99 Å². The number of nitrogens with zero attached hydrogens (tertiary/aromatic N) is 1. The van der Waals surface area contributed by atoms with E-state index in [1.807, 2.05) is 43.3 Å². The Hall–Kier alpha value is -2.73. The van der Waals surface area contributed by atoms with Gasteiger partial charge in [0.05, 0.1) is 19.3 Å². The summed E-state index contributed by atoms with van der Waals surface area (Å²) < 4.78 is 5.28. The summed E-state index contributed by atoms with van der Waals surface area (Å²) in [5, 5.41) is 10.1. The molecule has 7 heteroatoms. The second-order valence-electron chi connectivity index (χ2n) is 6.22. The number of ether oxygens (including phenoxy) is 1. The third-order valence-corrected chi connectivity index (χ3v) is 4.17. The van der Waals surface area contributed by atoms with E-state index >= 15 is 0 Å². The van der Waals surface area contributed by atoms with Gasteiger partial charge in [0.2, 0.25) is 5.91 Å². The highest BCUT2D eigenvalue weighted by Crippen LogP contribution is 2.25. The van der Waals surface area contributed by atoms with Gasteiger partial charge in [-0.2, -0.15) is 0 Å². The zero-order valence-corrected chi connectivity index (χ0v) is 17.3. The van der Waals surface area contributed by atoms with Crippen molar-refractivity contribution in [3.63, 3.8) is 0 Å². The minimum Gasteiger partial charge on any atom is -0.495 e. The molecule has 0 saturated heterocycles. The first-order valence-corrected chi connectivity index (χ1v) is 9.60. The van der Waals surface area contributed by atoms with Crippen molar-refractivity contribution in [1.29, 1.82) is 0 Å². The van der Waals surface area contributed by atoms with Crippen LogP contribution in [-0.2, 0) is 17.8 Å². The van der Waals surface area contributed by atoms with Gasteiger partial charge in [-0.3, -0.25) is 4.79 Å². The lowest BCUT2D eigenvalue weighted by atomic mass is 10.1. The molecule has 0 bridgehead atoms. The molecule has 0 spiro atoms. The first-order chi connectivity index (χ1) is 13.5. The summed E-state index contributed by atoms with van der Waals surface area (Å²) in [4.78, 5) is 16.0. The summed E-state index contributed by atoms with van der Waals surface area (Å²) in [5.74, 6) is 1.21. The van der Waals surface area contributed by atoms with E-state index in [0.29, 0.717) is 18.0 Å². The number of guanidine groups is 1. The SMILES string of the molecule is CCNC(=NCc1ccc(OC)c(NC(C)=O)c1)NCCc1cccc(Cl)c1. The first kappa shape index (κ1) is 21.6. The van der Waals surface area contributed by atoms with Crippen LogP contribution < -0.4 is 20.7 Å². The molecule has 0 unspecified atom stereocenters. The number of benzene rings is 2. The topological polar surface area (TPSA) is 74.8 Å². The van der Waals surface area contributed by atoms with E-state index in [1.165, 1.54) is 12.5 Å². The van der Waals surface area contributed by atoms with Crippen molar-refractivity contribution >= 4 is 29.2 Å². The van der Waals surface area contributed by atoms with Crippen molar-refractivity contribution in [2.45, 2.75) is 26.8 Å². The number of aliphatic imine (C=N–C) groups is 1. The lowest BCUT2D eigenvalue weighted by molar-refractivity contribution is -0.114. The highest BCUT2D eigenvalue weighted by atomic mass is 35.5. The molecule has 2 rings (SSSR count). The van der Waals surface area contributed by atoms with Gasteiger partial charge in [0, 0.05) is 25.0 Å². The molecule has 0 saturated carbocycles. The van der Waals surface area contributed by atoms with Gasteiger partial charge in [0.1, 0.15) is 5.75 Å². The number of hydrogen-bond acceptors (Lipinski definition) is 3. The zero-order chi connectivity index (χ0) is 20.4. The van der Waals surface area contributed by atoms with Gasteiger partial charge in [0.25, 0.3) is 0 Å². The molecule has 0 aliphatic rings. The van der Waals surface area contributed by atoms with Crippen molar-refractivity contribution in [3.8, 4) is 5.75 Å². The van der Waals surface area contributed by atoms with E-state index in [2.05, 4.69) is 27.0 Å². The van der Waals surface area contributed by atoms with Crippen LogP contribution in [0.3, 0.4) is 0 Å². The number of methoxy groups -OCH3 is 1. The summed E-state index contributed by atoms with van der Waals surface area (Å²) in [5.41, 5.74) is 2.78. The van der Waals surface area contributed by atoms with Crippen LogP contribution in [-0.4, -0.2) is 32.1 Å². The van der Waals surface area contributed by atoms with Crippen LogP contribution >= 0.6 is 11.6 Å². The molecule has 0 aliphatic heterocycles. The molecule has 0 aromatic heterocycles. The predicted octanol–water partition coefficient (Wildman–Crippen LogP) is 3.60. The van der Waals surface area contributed by atoms with Gasteiger partial charge in [-0.1, -0.05) is 29.8 Å². The molecule has 0 atom stereocenters. The van der Waals surface area contributed by atoms with Crippen LogP contribution in [0, 0.1) is 0 Å². The zero-order valence-electron chi connectivity index (χ0n) is 16.5. The minimum atomic E-state index is -0.144. The number of hydrogen-bond donors (Lipinski definition) is 3. The number of carbonyl (C=O) groups is 1. The maximum absolute atomic E-state index is 11.4. The highest BCUT2D eigenvalue weighted by molar-refractivity contribution is 6.30. The first-order valence-electron chi connectivity index (χ1n) is 9.23. The fourth-order valence-corrected chi connectivity index (χ4v) is 2.88. The molecule has 2 aromatic rings. The molecule has 2 aromatic carbocycles. The lowest BCUT2D eigenvalue weighted by Crippen LogP contribution is -2.38. The van der Waals surface area contributed by atoms with E-state index in [0.717, 1.165) is 36.1 Å². The van der Waals surface area contributed by atoms with Crippen LogP contribution in [0.4, 0.5) is 5.69 Å². The normalized spacial score (nSPS) is 11.1. The number of amides is 1. The highest BCUT2D eigenvalue weighted by Gasteiger charge is 2.06. The van der Waals surface area contributed by atoms with E-state index in [1.54, 1.807) is 7.11 Å². The molecule has 0 fully saturated rings. The number of anilines is 1. The van der Waals surface area contributed by atoms with Crippen LogP contribution in [0.2, 0.25) is 5.02 Å². The molecule has 0 radical (unpaired) electrons. The summed E-state index contributed by atoms with van der Waals surface area (Å²) in [6.07, 6.45) is 0.847. The van der Waals surface area contributed by atoms with Crippen LogP contribution in [0.5, 0.6) is 5.75 Å². The Morgan fingerprint density at radius 3 is 2.64 bits per heavy atom. The van der Waals surface area contributed by atoms with Crippen molar-refractivity contribution in [1.82, 2.24) is 10.6 Å². The molecule has 3 N–H and O–H groups in total. The van der Waals surface area contributed by atoms with E-state index < -0.39 is 0 Å². The van der Waals surface area contributed by atoms with Gasteiger partial charge in [0.15, 0.2) is 5.96 Å². The van der Waals surface area contributed by atoms with Gasteiger partial charge >= 0.3 is 0 Å². The second kappa shape index (κ2) is 11.2. The van der Waals surface area contributed by atoms with Gasteiger partial charge < -0.3 is 20.7 Å². The Morgan fingerprint density at radius 1 is 1.14 bits per heavy atom. The minimum absolute atomic E-state index is 0.144. The number of rotatable bonds is 8. The summed E-state index contributed by atoms with van der Waals surface area (Å²) in [6, 6.07) is 13.5. The molecule has 0 aliphatic carbocycles. The molecule has 150 valence electrons. The van der Waals surface area contributed by atoms with Crippen LogP contribution in [0.25, 0.3) is 0 Å². The fourth-order valence-electron chi connectivity index (χ4n) is 2.67. The van der Waals surface area contributed by atoms with E-state index in [9.17, 15) is 4.79 Å². The standard InChI is InChI=1S/C21H27ClN4O2/c1-4-23-21(24-11-10-16-6-5-7-18(22)12-16)25-14-17-8-9-20(28-3)19(13-17)26-15(2)27/h5-9,12-13H,4,10-11,14H2,1-3H3,(H,26,27)(H2,23,24,25). The smallest absolute Gasteiger partial charge is 0.221 e. The van der Waals surface area contributed by atoms with Gasteiger partial charge in [-0.15, -0.1) is 0 Å². The van der Waals surface area contributed by atoms with E-state index in [4.69, 9.17) is 16.3 Å². The Morgan fingerprint density at radius 2 is 1.96 bits per heavy atom. The van der Waals surface area contributed by atoms with E-state index in [-0.39, 0.29) is 5.91 Å². The quantitative estimate of drug-likeness (QED) is 0.466. The third kappa shape index (κ3) is 7.12. The average Bonchev–Trinajstić information content (AvgIpc) is 2.66. The molecular formula is C21H27ClN4O2. The molecule has 0 heterocycles. The Labute approximate surface area is 171 Å². The maximum atomic E-state index is 11.4. The van der Waals surface area contributed by atoms with Crippen LogP contribution in [0.15, 0.2) is 47.5 Å². The molecule has 6 nitrogen and oxygen atoms in total. The van der Waals surface area contributed by atoms with Gasteiger partial charge in [-0.05, 0) is 48.7 Å². The summed E-state index contributed by atoms with van der Waals surface area (Å²) >= 11 is 6.03. The third-order valence-electron chi connectivity index (χ3n) is 3.93. The summed E-state index contributed by atoms with van der Waals surface area (Å²) in [7, 11) is 1.57. The Balaban J connectivity index is 2.00. The van der Waals surface area contributed by atoms with Crippen molar-refractivity contribution in [2.24, 2.45) is 4.99 Å². The largest absolute Gasteiger partial charge is 0.495 e. The Kier molecular flexibility index (Phi) is 8.62. The molecule has 28 heavy (non-hydrogen) atoms. The van der Waals surface area contributed by atoms with Crippen LogP contribution in [0.1, 0.15) is 25.0 Å². The number of halogens is 1. The van der Waals surface area contributed by atoms with Crippen molar-refractivity contribution < 1.29 is 9.53 Å². The Bertz CT molecular complexity index is 824. The average molecular weight is 403 g/mol. The molecular weight excluding hydrogens is 376 g/mol. The number of carbonyl (C=O) groups excluding carboxylic acids is 1. The van der Waals surface area contributed by atoms with Crippen molar-refractivity contribution in [3.05, 3.63) is 58.6 Å². The molecule has 1 amide bonds.